The van der Waals surface area contributed by atoms with Crippen LogP contribution in [0, 0.1) is 0 Å². The minimum Gasteiger partial charge on any atom is -0.303 e. The van der Waals surface area contributed by atoms with Gasteiger partial charge in [-0.25, -0.2) is 9.36 Å². The third-order valence-corrected chi connectivity index (χ3v) is 3.54. The molecule has 0 rings (SSSR count). The van der Waals surface area contributed by atoms with Gasteiger partial charge in [-0.3, -0.25) is 0 Å². The Morgan fingerprint density at radius 2 is 1.36 bits per heavy atom. The van der Waals surface area contributed by atoms with E-state index in [2.05, 4.69) is 6.58 Å². The Labute approximate surface area is 151 Å². The zero-order valence-electron chi connectivity index (χ0n) is 13.8. The van der Waals surface area contributed by atoms with Crippen LogP contribution in [0.3, 0.4) is 0 Å². The van der Waals surface area contributed by atoms with Crippen molar-refractivity contribution < 1.29 is 28.8 Å². The zero-order valence-corrected chi connectivity index (χ0v) is 16.7. The van der Waals surface area contributed by atoms with Gasteiger partial charge in [0.05, 0.1) is 0 Å². The van der Waals surface area contributed by atoms with Crippen molar-refractivity contribution in [1.82, 2.24) is 0 Å². The number of phosphoric acid groups is 1. The first-order valence-electron chi connectivity index (χ1n) is 7.79. The first kappa shape index (κ1) is 24.6. The number of carbonyl (C=O) groups excluding carboxylic acids is 1. The topological polar surface area (TPSA) is 104 Å². The van der Waals surface area contributed by atoms with Crippen LogP contribution in [0.25, 0.3) is 0 Å². The normalized spacial score (nSPS) is 10.6. The number of hydrogen-bond donors (Lipinski definition) is 3. The smallest absolute Gasteiger partial charge is 0.303 e. The average Bonchev–Trinajstić information content (AvgIpc) is 2.38. The Balaban J connectivity index is 0. The molecule has 0 aromatic carbocycles. The number of unbranched alkanes of at least 4 members (excludes halogenated alkanes) is 7. The molecule has 3 N–H and O–H groups in total. The Morgan fingerprint density at radius 1 is 1.00 bits per heavy atom. The number of esters is 1. The fraction of sp³-hybridized carbons (Fsp3) is 0.786. The largest absolute Gasteiger partial charge is 0.466 e. The molecule has 0 saturated carbocycles. The van der Waals surface area contributed by atoms with Gasteiger partial charge in [-0.1, -0.05) is 6.58 Å². The van der Waals surface area contributed by atoms with Crippen molar-refractivity contribution in [2.45, 2.75) is 62.0 Å². The molecule has 0 aliphatic carbocycles. The summed E-state index contributed by atoms with van der Waals surface area (Å²) in [4.78, 5) is 32.6. The van der Waals surface area contributed by atoms with E-state index in [1.807, 2.05) is 0 Å². The molecule has 126 valence electrons. The summed E-state index contributed by atoms with van der Waals surface area (Å²) in [5.41, 5.74) is 0.490. The molecule has 0 aromatic rings. The van der Waals surface area contributed by atoms with Gasteiger partial charge in [0.1, 0.15) is 0 Å². The quantitative estimate of drug-likeness (QED) is 0.175. The molecule has 0 unspecified atom stereocenters. The van der Waals surface area contributed by atoms with Gasteiger partial charge in [-0.2, -0.15) is 0 Å². The number of carbonyl (C=O) groups is 1. The first-order valence-corrected chi connectivity index (χ1v) is 10.8. The summed E-state index contributed by atoms with van der Waals surface area (Å²) in [6, 6.07) is 0. The summed E-state index contributed by atoms with van der Waals surface area (Å²) >= 11 is 1.36. The number of rotatable bonds is 11. The predicted octanol–water partition coefficient (Wildman–Crippen LogP) is 2.88. The van der Waals surface area contributed by atoms with Crippen LogP contribution in [0.2, 0.25) is 3.67 Å². The molecule has 0 aliphatic heterocycles. The van der Waals surface area contributed by atoms with Gasteiger partial charge in [0.15, 0.2) is 0 Å². The molecule has 8 heteroatoms. The van der Waals surface area contributed by atoms with Crippen molar-refractivity contribution in [3.63, 3.8) is 0 Å². The van der Waals surface area contributed by atoms with Crippen LogP contribution in [-0.4, -0.2) is 55.2 Å². The van der Waals surface area contributed by atoms with Crippen molar-refractivity contribution >= 4 is 41.7 Å². The maximum atomic E-state index is 11.1. The van der Waals surface area contributed by atoms with Gasteiger partial charge in [0, 0.05) is 5.57 Å². The van der Waals surface area contributed by atoms with E-state index in [9.17, 15) is 4.79 Å². The fourth-order valence-corrected chi connectivity index (χ4v) is 2.20. The molecule has 0 atom stereocenters. The van der Waals surface area contributed by atoms with E-state index in [1.165, 1.54) is 76.5 Å². The molecule has 0 radical (unpaired) electrons. The molecule has 0 spiro atoms. The Kier molecular flexibility index (Phi) is 18.1. The summed E-state index contributed by atoms with van der Waals surface area (Å²) in [5, 5.41) is 0. The molecule has 0 heterocycles. The van der Waals surface area contributed by atoms with Gasteiger partial charge in [0.25, 0.3) is 0 Å². The molecule has 0 aromatic heterocycles. The van der Waals surface area contributed by atoms with Crippen molar-refractivity contribution in [3.05, 3.63) is 12.2 Å². The van der Waals surface area contributed by atoms with Gasteiger partial charge < -0.3 is 14.7 Å². The monoisotopic (exact) mass is 346 g/mol. The molecule has 6 nitrogen and oxygen atoms in total. The predicted molar refractivity (Wildman–Crippen MR) is 87.5 cm³/mol. The van der Waals surface area contributed by atoms with E-state index in [-0.39, 0.29) is 5.97 Å². The first-order chi connectivity index (χ1) is 10.2. The van der Waals surface area contributed by atoms with Crippen molar-refractivity contribution in [3.8, 4) is 0 Å². The van der Waals surface area contributed by atoms with E-state index in [0.717, 1.165) is 6.42 Å². The second kappa shape index (κ2) is 16.2. The Bertz CT molecular complexity index is 334. The van der Waals surface area contributed by atoms with E-state index >= 15 is 0 Å². The molecule has 22 heavy (non-hydrogen) atoms. The van der Waals surface area contributed by atoms with E-state index in [4.69, 9.17) is 24.0 Å². The zero-order chi connectivity index (χ0) is 17.4. The van der Waals surface area contributed by atoms with Crippen molar-refractivity contribution in [2.75, 3.05) is 6.61 Å². The van der Waals surface area contributed by atoms with Gasteiger partial charge in [-0.05, 0) is 6.92 Å². The molecule has 0 saturated heterocycles. The minimum atomic E-state index is -4.64. The summed E-state index contributed by atoms with van der Waals surface area (Å²) in [6.45, 7) is 5.78. The SMILES string of the molecule is C=C(C)C(=O)OCCCCCCCCC[CH2][Na].O=P(O)(O)O. The maximum Gasteiger partial charge on any atom is 0.466 e. The van der Waals surface area contributed by atoms with E-state index in [0.29, 0.717) is 12.2 Å². The van der Waals surface area contributed by atoms with Gasteiger partial charge in [0.2, 0.25) is 0 Å². The van der Waals surface area contributed by atoms with Crippen molar-refractivity contribution in [2.24, 2.45) is 0 Å². The van der Waals surface area contributed by atoms with Crippen LogP contribution >= 0.6 is 7.82 Å². The summed E-state index contributed by atoms with van der Waals surface area (Å²) in [5.74, 6) is -0.256. The number of ether oxygens (including phenoxy) is 1. The molecule has 0 bridgehead atoms. The molecule has 0 aliphatic rings. The standard InChI is InChI=1S/C14H25O2.Na.H3O4P/c1-4-5-6-7-8-9-10-11-12-16-14(15)13(2)3;;1-5(2,3)4/h1-2,4-12H2,3H3;;(H3,1,2,3,4). The van der Waals surface area contributed by atoms with E-state index < -0.39 is 7.82 Å². The second-order valence-electron chi connectivity index (χ2n) is 5.26. The van der Waals surface area contributed by atoms with Crippen LogP contribution in [0.1, 0.15) is 58.3 Å². The van der Waals surface area contributed by atoms with Crippen LogP contribution in [0.4, 0.5) is 0 Å². The Hall–Kier alpha value is 0.320. The summed E-state index contributed by atoms with van der Waals surface area (Å²) < 4.78 is 15.4. The average molecular weight is 346 g/mol. The van der Waals surface area contributed by atoms with Crippen molar-refractivity contribution in [1.29, 1.82) is 0 Å². The number of hydrogen-bond acceptors (Lipinski definition) is 3. The minimum absolute atomic E-state index is 0.256. The molecular formula is C14H28NaO6P. The maximum absolute atomic E-state index is 11.1. The third kappa shape index (κ3) is 28.5. The third-order valence-electron chi connectivity index (χ3n) is 2.83. The van der Waals surface area contributed by atoms with Gasteiger partial charge >= 0.3 is 108 Å². The Morgan fingerprint density at radius 3 is 1.73 bits per heavy atom. The van der Waals surface area contributed by atoms with Crippen LogP contribution in [-0.2, 0) is 14.1 Å². The van der Waals surface area contributed by atoms with Crippen LogP contribution in [0.15, 0.2) is 12.2 Å². The summed E-state index contributed by atoms with van der Waals surface area (Å²) in [7, 11) is -4.64. The van der Waals surface area contributed by atoms with Crippen LogP contribution < -0.4 is 0 Å². The van der Waals surface area contributed by atoms with Crippen LogP contribution in [0.5, 0.6) is 0 Å². The van der Waals surface area contributed by atoms with Gasteiger partial charge in [-0.15, -0.1) is 0 Å². The molecule has 0 amide bonds. The molecule has 0 fully saturated rings. The second-order valence-corrected chi connectivity index (χ2v) is 7.28. The molecular weight excluding hydrogens is 318 g/mol. The van der Waals surface area contributed by atoms with E-state index in [1.54, 1.807) is 6.92 Å². The summed E-state index contributed by atoms with van der Waals surface area (Å²) in [6.07, 6.45) is 10.4. The fourth-order valence-electron chi connectivity index (χ4n) is 1.70.